The summed E-state index contributed by atoms with van der Waals surface area (Å²) in [6, 6.07) is 11.8. The first kappa shape index (κ1) is 10.1. The molecule has 0 bridgehead atoms. The Morgan fingerprint density at radius 1 is 1.13 bits per heavy atom. The maximum absolute atomic E-state index is 5.67. The molecule has 0 amide bonds. The number of rotatable bonds is 3. The van der Waals surface area contributed by atoms with Gasteiger partial charge in [0.2, 0.25) is 0 Å². The van der Waals surface area contributed by atoms with E-state index in [4.69, 9.17) is 16.0 Å². The number of furan rings is 1. The molecular weight excluding hydrogens is 210 g/mol. The lowest BCUT2D eigenvalue weighted by Gasteiger charge is -2.04. The summed E-state index contributed by atoms with van der Waals surface area (Å²) in [5, 5.41) is 3.68. The number of benzene rings is 1. The van der Waals surface area contributed by atoms with E-state index in [1.54, 1.807) is 6.07 Å². The number of aryl methyl sites for hydroxylation is 1. The Balaban J connectivity index is 1.96. The van der Waals surface area contributed by atoms with E-state index in [2.05, 4.69) is 24.4 Å². The lowest BCUT2D eigenvalue weighted by atomic mass is 10.2. The molecule has 0 saturated heterocycles. The molecule has 1 aromatic heterocycles. The third kappa shape index (κ3) is 2.77. The third-order valence-electron chi connectivity index (χ3n) is 2.15. The number of anilines is 1. The van der Waals surface area contributed by atoms with Crippen molar-refractivity contribution in [2.24, 2.45) is 0 Å². The average molecular weight is 222 g/mol. The molecule has 0 fully saturated rings. The van der Waals surface area contributed by atoms with Crippen LogP contribution in [0.2, 0.25) is 5.22 Å². The Kier molecular flexibility index (Phi) is 2.97. The Hall–Kier alpha value is -1.41. The molecule has 2 rings (SSSR count). The van der Waals surface area contributed by atoms with Gasteiger partial charge in [-0.1, -0.05) is 17.7 Å². The highest BCUT2D eigenvalue weighted by Crippen LogP contribution is 2.15. The van der Waals surface area contributed by atoms with Gasteiger partial charge in [-0.15, -0.1) is 0 Å². The van der Waals surface area contributed by atoms with Crippen molar-refractivity contribution in [1.29, 1.82) is 0 Å². The van der Waals surface area contributed by atoms with Gasteiger partial charge >= 0.3 is 0 Å². The van der Waals surface area contributed by atoms with Crippen molar-refractivity contribution in [3.05, 3.63) is 52.9 Å². The molecule has 0 aliphatic rings. The van der Waals surface area contributed by atoms with Crippen molar-refractivity contribution in [3.63, 3.8) is 0 Å². The van der Waals surface area contributed by atoms with Gasteiger partial charge in [-0.2, -0.15) is 0 Å². The fourth-order valence-corrected chi connectivity index (χ4v) is 1.47. The molecule has 2 nitrogen and oxygen atoms in total. The second-order valence-corrected chi connectivity index (χ2v) is 3.80. The van der Waals surface area contributed by atoms with Crippen LogP contribution in [0.5, 0.6) is 0 Å². The van der Waals surface area contributed by atoms with E-state index >= 15 is 0 Å². The van der Waals surface area contributed by atoms with E-state index in [0.717, 1.165) is 11.4 Å². The molecule has 1 heterocycles. The molecule has 1 N–H and O–H groups in total. The van der Waals surface area contributed by atoms with Crippen molar-refractivity contribution in [2.45, 2.75) is 13.5 Å². The zero-order valence-electron chi connectivity index (χ0n) is 8.46. The van der Waals surface area contributed by atoms with Crippen LogP contribution in [-0.2, 0) is 6.54 Å². The van der Waals surface area contributed by atoms with Crippen molar-refractivity contribution in [2.75, 3.05) is 5.32 Å². The smallest absolute Gasteiger partial charge is 0.193 e. The first-order chi connectivity index (χ1) is 7.24. The third-order valence-corrected chi connectivity index (χ3v) is 2.35. The Morgan fingerprint density at radius 3 is 2.47 bits per heavy atom. The van der Waals surface area contributed by atoms with Gasteiger partial charge in [-0.05, 0) is 42.8 Å². The van der Waals surface area contributed by atoms with Gasteiger partial charge in [-0.25, -0.2) is 0 Å². The molecule has 0 aliphatic carbocycles. The quantitative estimate of drug-likeness (QED) is 0.852. The first-order valence-corrected chi connectivity index (χ1v) is 5.16. The summed E-state index contributed by atoms with van der Waals surface area (Å²) in [4.78, 5) is 0. The predicted octanol–water partition coefficient (Wildman–Crippen LogP) is 3.85. The molecule has 1 aromatic carbocycles. The van der Waals surface area contributed by atoms with Crippen molar-refractivity contribution in [3.8, 4) is 0 Å². The minimum atomic E-state index is 0.427. The lowest BCUT2D eigenvalue weighted by Crippen LogP contribution is -1.97. The highest BCUT2D eigenvalue weighted by molar-refractivity contribution is 6.28. The second kappa shape index (κ2) is 4.41. The normalized spacial score (nSPS) is 10.3. The summed E-state index contributed by atoms with van der Waals surface area (Å²) < 4.78 is 5.23. The van der Waals surface area contributed by atoms with Crippen LogP contribution in [0.3, 0.4) is 0 Å². The van der Waals surface area contributed by atoms with Crippen LogP contribution in [-0.4, -0.2) is 0 Å². The SMILES string of the molecule is Cc1ccc(NCc2ccc(Cl)o2)cc1. The van der Waals surface area contributed by atoms with Crippen molar-refractivity contribution >= 4 is 17.3 Å². The maximum Gasteiger partial charge on any atom is 0.193 e. The molecule has 0 aliphatic heterocycles. The lowest BCUT2D eigenvalue weighted by molar-refractivity contribution is 0.520. The molecule has 2 aromatic rings. The van der Waals surface area contributed by atoms with Gasteiger partial charge in [0.25, 0.3) is 0 Å². The van der Waals surface area contributed by atoms with Crippen LogP contribution in [0.25, 0.3) is 0 Å². The van der Waals surface area contributed by atoms with Crippen LogP contribution < -0.4 is 5.32 Å². The number of hydrogen-bond donors (Lipinski definition) is 1. The fourth-order valence-electron chi connectivity index (χ4n) is 1.31. The van der Waals surface area contributed by atoms with E-state index in [1.807, 2.05) is 18.2 Å². The summed E-state index contributed by atoms with van der Waals surface area (Å²) >= 11 is 5.67. The van der Waals surface area contributed by atoms with E-state index in [1.165, 1.54) is 5.56 Å². The minimum absolute atomic E-state index is 0.427. The number of halogens is 1. The van der Waals surface area contributed by atoms with Crippen LogP contribution in [0.15, 0.2) is 40.8 Å². The van der Waals surface area contributed by atoms with Crippen LogP contribution in [0, 0.1) is 6.92 Å². The van der Waals surface area contributed by atoms with E-state index in [0.29, 0.717) is 11.8 Å². The van der Waals surface area contributed by atoms with Crippen LogP contribution in [0.4, 0.5) is 5.69 Å². The highest BCUT2D eigenvalue weighted by Gasteiger charge is 1.98. The molecule has 0 radical (unpaired) electrons. The first-order valence-electron chi connectivity index (χ1n) is 4.79. The minimum Gasteiger partial charge on any atom is -0.448 e. The summed E-state index contributed by atoms with van der Waals surface area (Å²) in [6.45, 7) is 2.71. The number of hydrogen-bond acceptors (Lipinski definition) is 2. The Labute approximate surface area is 93.9 Å². The standard InChI is InChI=1S/C12H12ClNO/c1-9-2-4-10(5-3-9)14-8-11-6-7-12(13)15-11/h2-7,14H,8H2,1H3. The number of nitrogens with one attached hydrogen (secondary N) is 1. The molecule has 0 unspecified atom stereocenters. The molecule has 0 saturated carbocycles. The molecule has 15 heavy (non-hydrogen) atoms. The summed E-state index contributed by atoms with van der Waals surface area (Å²) in [5.74, 6) is 0.834. The largest absolute Gasteiger partial charge is 0.448 e. The molecule has 3 heteroatoms. The predicted molar refractivity (Wildman–Crippen MR) is 62.2 cm³/mol. The molecule has 0 spiro atoms. The second-order valence-electron chi connectivity index (χ2n) is 3.43. The zero-order chi connectivity index (χ0) is 10.7. The topological polar surface area (TPSA) is 25.2 Å². The van der Waals surface area contributed by atoms with Crippen LogP contribution in [0.1, 0.15) is 11.3 Å². The summed E-state index contributed by atoms with van der Waals surface area (Å²) in [7, 11) is 0. The fraction of sp³-hybridized carbons (Fsp3) is 0.167. The van der Waals surface area contributed by atoms with E-state index in [9.17, 15) is 0 Å². The van der Waals surface area contributed by atoms with Crippen LogP contribution >= 0.6 is 11.6 Å². The van der Waals surface area contributed by atoms with E-state index < -0.39 is 0 Å². The van der Waals surface area contributed by atoms with Gasteiger partial charge in [0.15, 0.2) is 5.22 Å². The van der Waals surface area contributed by atoms with Gasteiger partial charge < -0.3 is 9.73 Å². The molecular formula is C12H12ClNO. The Morgan fingerprint density at radius 2 is 1.87 bits per heavy atom. The highest BCUT2D eigenvalue weighted by atomic mass is 35.5. The summed E-state index contributed by atoms with van der Waals surface area (Å²) in [5.41, 5.74) is 2.33. The van der Waals surface area contributed by atoms with Crippen molar-refractivity contribution < 1.29 is 4.42 Å². The summed E-state index contributed by atoms with van der Waals surface area (Å²) in [6.07, 6.45) is 0. The van der Waals surface area contributed by atoms with Gasteiger partial charge in [-0.3, -0.25) is 0 Å². The van der Waals surface area contributed by atoms with Gasteiger partial charge in [0.05, 0.1) is 6.54 Å². The average Bonchev–Trinajstić information content (AvgIpc) is 2.64. The van der Waals surface area contributed by atoms with Gasteiger partial charge in [0.1, 0.15) is 5.76 Å². The molecule has 78 valence electrons. The monoisotopic (exact) mass is 221 g/mol. The van der Waals surface area contributed by atoms with Gasteiger partial charge in [0, 0.05) is 5.69 Å². The maximum atomic E-state index is 5.67. The van der Waals surface area contributed by atoms with E-state index in [-0.39, 0.29) is 0 Å². The zero-order valence-corrected chi connectivity index (χ0v) is 9.21. The Bertz CT molecular complexity index is 433. The molecule has 0 atom stereocenters. The van der Waals surface area contributed by atoms with Crippen molar-refractivity contribution in [1.82, 2.24) is 0 Å².